The first-order valence-electron chi connectivity index (χ1n) is 8.54. The predicted octanol–water partition coefficient (Wildman–Crippen LogP) is 5.38. The van der Waals surface area contributed by atoms with Crippen LogP contribution in [0, 0.1) is 11.6 Å². The van der Waals surface area contributed by atoms with Gasteiger partial charge in [-0.05, 0) is 36.4 Å². The summed E-state index contributed by atoms with van der Waals surface area (Å²) in [5.41, 5.74) is -0.351. The van der Waals surface area contributed by atoms with E-state index < -0.39 is 36.8 Å². The Bertz CT molecular complexity index is 985. The van der Waals surface area contributed by atoms with Crippen LogP contribution in [0.3, 0.4) is 0 Å². The zero-order chi connectivity index (χ0) is 21.7. The van der Waals surface area contributed by atoms with Gasteiger partial charge in [0.05, 0.1) is 10.0 Å². The topological polar surface area (TPSA) is 65.5 Å². The van der Waals surface area contributed by atoms with Gasteiger partial charge in [0.25, 0.3) is 0 Å². The van der Waals surface area contributed by atoms with Crippen molar-refractivity contribution in [2.24, 2.45) is 0 Å². The summed E-state index contributed by atoms with van der Waals surface area (Å²) in [6.45, 7) is -0.820. The fraction of sp³-hybridized carbons (Fsp3) is 0.0952. The number of halogens is 4. The highest BCUT2D eigenvalue weighted by Crippen LogP contribution is 2.21. The van der Waals surface area contributed by atoms with Crippen LogP contribution in [0.1, 0.15) is 32.1 Å². The molecule has 0 amide bonds. The lowest BCUT2D eigenvalue weighted by molar-refractivity contribution is 0.0453. The van der Waals surface area contributed by atoms with E-state index in [9.17, 15) is 18.4 Å². The molecule has 0 aliphatic heterocycles. The average molecular weight is 452 g/mol. The highest BCUT2D eigenvalue weighted by molar-refractivity contribution is 6.31. The number of esters is 2. The zero-order valence-electron chi connectivity index (χ0n) is 15.2. The summed E-state index contributed by atoms with van der Waals surface area (Å²) in [5, 5.41) is 0.222. The third-order valence-corrected chi connectivity index (χ3v) is 4.69. The number of benzene rings is 2. The van der Waals surface area contributed by atoms with E-state index in [1.54, 1.807) is 0 Å². The lowest BCUT2D eigenvalue weighted by Gasteiger charge is -2.09. The van der Waals surface area contributed by atoms with Crippen molar-refractivity contribution in [2.75, 3.05) is 0 Å². The van der Waals surface area contributed by atoms with Crippen LogP contribution in [0.2, 0.25) is 10.0 Å². The molecule has 0 saturated heterocycles. The molecule has 0 spiro atoms. The Morgan fingerprint density at radius 2 is 1.13 bits per heavy atom. The van der Waals surface area contributed by atoms with Gasteiger partial charge < -0.3 is 9.47 Å². The van der Waals surface area contributed by atoms with Gasteiger partial charge in [-0.25, -0.2) is 23.4 Å². The second-order valence-electron chi connectivity index (χ2n) is 5.96. The van der Waals surface area contributed by atoms with Crippen molar-refractivity contribution in [1.29, 1.82) is 0 Å². The first kappa shape index (κ1) is 21.7. The van der Waals surface area contributed by atoms with Gasteiger partial charge in [-0.15, -0.1) is 0 Å². The minimum atomic E-state index is -0.888. The third-order valence-electron chi connectivity index (χ3n) is 3.99. The molecule has 0 bridgehead atoms. The first-order valence-corrected chi connectivity index (χ1v) is 9.29. The molecule has 9 heteroatoms. The van der Waals surface area contributed by atoms with E-state index in [1.807, 2.05) is 0 Å². The maximum Gasteiger partial charge on any atom is 0.357 e. The molecule has 0 aliphatic rings. The van der Waals surface area contributed by atoms with E-state index in [-0.39, 0.29) is 32.6 Å². The fourth-order valence-electron chi connectivity index (χ4n) is 2.43. The smallest absolute Gasteiger partial charge is 0.357 e. The van der Waals surface area contributed by atoms with Crippen LogP contribution in [0.5, 0.6) is 0 Å². The number of hydrogen-bond donors (Lipinski definition) is 0. The van der Waals surface area contributed by atoms with Gasteiger partial charge in [0.2, 0.25) is 0 Å². The standard InChI is InChI=1S/C21H13Cl2F2NO4/c22-14-4-1-6-16(24)12(14)10-29-20(27)18-8-3-9-19(26-18)21(28)30-11-13-15(23)5-2-7-17(13)25/h1-9H,10-11H2. The molecule has 1 heterocycles. The second-order valence-corrected chi connectivity index (χ2v) is 6.78. The summed E-state index contributed by atoms with van der Waals surface area (Å²) in [4.78, 5) is 28.3. The number of pyridine rings is 1. The Hall–Kier alpha value is -3.03. The normalized spacial score (nSPS) is 10.5. The zero-order valence-corrected chi connectivity index (χ0v) is 16.7. The van der Waals surface area contributed by atoms with Crippen molar-refractivity contribution in [3.05, 3.63) is 98.8 Å². The van der Waals surface area contributed by atoms with E-state index in [4.69, 9.17) is 32.7 Å². The third kappa shape index (κ3) is 5.11. The SMILES string of the molecule is O=C(OCc1c(F)cccc1Cl)c1cccc(C(=O)OCc2c(F)cccc2Cl)n1. The quantitative estimate of drug-likeness (QED) is 0.470. The number of nitrogens with zero attached hydrogens (tertiary/aromatic N) is 1. The monoisotopic (exact) mass is 451 g/mol. The summed E-state index contributed by atoms with van der Waals surface area (Å²) >= 11 is 11.8. The number of hydrogen-bond acceptors (Lipinski definition) is 5. The molecule has 1 aromatic heterocycles. The lowest BCUT2D eigenvalue weighted by Crippen LogP contribution is -2.13. The number of aromatic nitrogens is 1. The van der Waals surface area contributed by atoms with Crippen LogP contribution in [0.15, 0.2) is 54.6 Å². The summed E-state index contributed by atoms with van der Waals surface area (Å²) < 4.78 is 37.6. The molecule has 0 atom stereocenters. The van der Waals surface area contributed by atoms with Crippen LogP contribution in [-0.2, 0) is 22.7 Å². The van der Waals surface area contributed by atoms with Crippen molar-refractivity contribution in [3.8, 4) is 0 Å². The number of ether oxygens (including phenoxy) is 2. The van der Waals surface area contributed by atoms with Gasteiger partial charge in [0.1, 0.15) is 36.2 Å². The van der Waals surface area contributed by atoms with Gasteiger partial charge in [-0.2, -0.15) is 0 Å². The maximum atomic E-state index is 13.8. The van der Waals surface area contributed by atoms with E-state index >= 15 is 0 Å². The molecule has 30 heavy (non-hydrogen) atoms. The predicted molar refractivity (Wildman–Crippen MR) is 105 cm³/mol. The molecule has 0 N–H and O–H groups in total. The molecule has 3 rings (SSSR count). The van der Waals surface area contributed by atoms with Gasteiger partial charge in [-0.1, -0.05) is 41.4 Å². The van der Waals surface area contributed by atoms with Gasteiger partial charge in [-0.3, -0.25) is 0 Å². The maximum absolute atomic E-state index is 13.8. The number of rotatable bonds is 6. The molecule has 3 aromatic rings. The van der Waals surface area contributed by atoms with E-state index in [1.165, 1.54) is 54.6 Å². The summed E-state index contributed by atoms with van der Waals surface area (Å²) in [7, 11) is 0. The molecular formula is C21H13Cl2F2NO4. The van der Waals surface area contributed by atoms with Gasteiger partial charge in [0, 0.05) is 11.1 Å². The lowest BCUT2D eigenvalue weighted by atomic mass is 10.2. The highest BCUT2D eigenvalue weighted by atomic mass is 35.5. The Morgan fingerprint density at radius 1 is 0.733 bits per heavy atom. The average Bonchev–Trinajstić information content (AvgIpc) is 2.73. The molecule has 0 saturated carbocycles. The number of carbonyl (C=O) groups is 2. The van der Waals surface area contributed by atoms with E-state index in [0.717, 1.165) is 0 Å². The van der Waals surface area contributed by atoms with Gasteiger partial charge >= 0.3 is 11.9 Å². The fourth-order valence-corrected chi connectivity index (χ4v) is 2.86. The minimum Gasteiger partial charge on any atom is -0.456 e. The molecule has 0 radical (unpaired) electrons. The minimum absolute atomic E-state index is 0.0184. The van der Waals surface area contributed by atoms with Crippen LogP contribution in [0.4, 0.5) is 8.78 Å². The number of carbonyl (C=O) groups excluding carboxylic acids is 2. The Balaban J connectivity index is 1.66. The Morgan fingerprint density at radius 3 is 1.53 bits per heavy atom. The first-order chi connectivity index (χ1) is 14.4. The summed E-state index contributed by atoms with van der Waals surface area (Å²) in [5.74, 6) is -3.01. The van der Waals surface area contributed by atoms with Crippen LogP contribution in [0.25, 0.3) is 0 Å². The van der Waals surface area contributed by atoms with Crippen molar-refractivity contribution in [1.82, 2.24) is 4.98 Å². The molecule has 5 nitrogen and oxygen atoms in total. The largest absolute Gasteiger partial charge is 0.456 e. The van der Waals surface area contributed by atoms with Crippen LogP contribution in [-0.4, -0.2) is 16.9 Å². The highest BCUT2D eigenvalue weighted by Gasteiger charge is 2.17. The molecule has 2 aromatic carbocycles. The summed E-state index contributed by atoms with van der Waals surface area (Å²) in [6.07, 6.45) is 0. The van der Waals surface area contributed by atoms with Crippen LogP contribution < -0.4 is 0 Å². The molecule has 154 valence electrons. The van der Waals surface area contributed by atoms with Crippen LogP contribution >= 0.6 is 23.2 Å². The van der Waals surface area contributed by atoms with Crippen molar-refractivity contribution >= 4 is 35.1 Å². The molecular weight excluding hydrogens is 439 g/mol. The van der Waals surface area contributed by atoms with Gasteiger partial charge in [0.15, 0.2) is 0 Å². The van der Waals surface area contributed by atoms with Crippen molar-refractivity contribution in [3.63, 3.8) is 0 Å². The Kier molecular flexibility index (Phi) is 6.97. The van der Waals surface area contributed by atoms with E-state index in [0.29, 0.717) is 0 Å². The summed E-state index contributed by atoms with van der Waals surface area (Å²) in [6, 6.07) is 12.2. The second kappa shape index (κ2) is 9.65. The van der Waals surface area contributed by atoms with Crippen molar-refractivity contribution in [2.45, 2.75) is 13.2 Å². The molecule has 0 fully saturated rings. The van der Waals surface area contributed by atoms with Crippen molar-refractivity contribution < 1.29 is 27.8 Å². The Labute approximate surface area is 180 Å². The molecule has 0 aliphatic carbocycles. The van der Waals surface area contributed by atoms with E-state index in [2.05, 4.69) is 4.98 Å². The molecule has 0 unspecified atom stereocenters.